The van der Waals surface area contributed by atoms with Crippen molar-refractivity contribution in [1.82, 2.24) is 4.90 Å². The number of thioether (sulfide) groups is 1. The molecule has 0 amide bonds. The Morgan fingerprint density at radius 1 is 0.768 bits per heavy atom. The first-order valence-electron chi connectivity index (χ1n) is 20.7. The van der Waals surface area contributed by atoms with E-state index in [1.54, 1.807) is 32.2 Å². The minimum atomic E-state index is 0.444. The van der Waals surface area contributed by atoms with E-state index in [0.29, 0.717) is 23.8 Å². The molecule has 1 aliphatic heterocycles. The maximum Gasteiger partial charge on any atom is 0.164 e. The lowest BCUT2D eigenvalue weighted by molar-refractivity contribution is 0.223. The number of hydrogen-bond acceptors (Lipinski definition) is 7. The van der Waals surface area contributed by atoms with Crippen LogP contribution < -0.4 is 24.8 Å². The third-order valence-corrected chi connectivity index (χ3v) is 13.1. The van der Waals surface area contributed by atoms with E-state index in [0.717, 1.165) is 61.8 Å². The van der Waals surface area contributed by atoms with Crippen LogP contribution in [0.25, 0.3) is 16.7 Å². The molecule has 4 aliphatic rings. The number of rotatable bonds is 16. The quantitative estimate of drug-likeness (QED) is 0.0899. The first kappa shape index (κ1) is 38.5. The van der Waals surface area contributed by atoms with Gasteiger partial charge in [0.1, 0.15) is 5.75 Å². The van der Waals surface area contributed by atoms with Gasteiger partial charge in [0.05, 0.1) is 21.3 Å². The van der Waals surface area contributed by atoms with Crippen LogP contribution in [0.3, 0.4) is 0 Å². The zero-order valence-electron chi connectivity index (χ0n) is 34.0. The zero-order valence-corrected chi connectivity index (χ0v) is 34.8. The zero-order chi connectivity index (χ0) is 38.8. The van der Waals surface area contributed by atoms with E-state index >= 15 is 0 Å². The summed E-state index contributed by atoms with van der Waals surface area (Å²) in [6.45, 7) is 6.17. The molecular formula is C49H59N3O3S. The third kappa shape index (κ3) is 8.64. The second-order valence-corrected chi connectivity index (χ2v) is 17.3. The highest BCUT2D eigenvalue weighted by atomic mass is 32.2. The summed E-state index contributed by atoms with van der Waals surface area (Å²) in [4.78, 5) is 6.56. The predicted octanol–water partition coefficient (Wildman–Crippen LogP) is 11.2. The van der Waals surface area contributed by atoms with Crippen molar-refractivity contribution in [2.75, 3.05) is 52.1 Å². The lowest BCUT2D eigenvalue weighted by Gasteiger charge is -2.40. The number of likely N-dealkylation sites (tertiary alicyclic amines) is 1. The van der Waals surface area contributed by atoms with E-state index in [-0.39, 0.29) is 0 Å². The van der Waals surface area contributed by atoms with Gasteiger partial charge in [-0.3, -0.25) is 4.90 Å². The highest BCUT2D eigenvalue weighted by Gasteiger charge is 2.36. The molecule has 3 aliphatic carbocycles. The molecule has 8 rings (SSSR count). The third-order valence-electron chi connectivity index (χ3n) is 12.3. The molecule has 1 heterocycles. The number of ether oxygens (including phenoxy) is 3. The highest BCUT2D eigenvalue weighted by Crippen LogP contribution is 2.53. The van der Waals surface area contributed by atoms with Crippen molar-refractivity contribution in [2.24, 2.45) is 5.73 Å². The molecule has 4 aromatic rings. The summed E-state index contributed by atoms with van der Waals surface area (Å²) in [6, 6.07) is 27.8. The molecular weight excluding hydrogens is 711 g/mol. The lowest BCUT2D eigenvalue weighted by Crippen LogP contribution is -2.45. The number of hydrogen-bond donors (Lipinski definition) is 1. The normalized spacial score (nSPS) is 18.2. The molecule has 56 heavy (non-hydrogen) atoms. The molecule has 6 nitrogen and oxygen atoms in total. The monoisotopic (exact) mass is 769 g/mol. The van der Waals surface area contributed by atoms with Gasteiger partial charge in [0, 0.05) is 60.1 Å². The maximum absolute atomic E-state index is 6.33. The summed E-state index contributed by atoms with van der Waals surface area (Å²) >= 11 is 1.79. The molecule has 3 saturated carbocycles. The van der Waals surface area contributed by atoms with Crippen LogP contribution in [0.4, 0.5) is 5.69 Å². The number of benzene rings is 4. The fourth-order valence-corrected chi connectivity index (χ4v) is 9.32. The van der Waals surface area contributed by atoms with Crippen molar-refractivity contribution in [3.63, 3.8) is 0 Å². The van der Waals surface area contributed by atoms with Gasteiger partial charge in [0.25, 0.3) is 0 Å². The lowest BCUT2D eigenvalue weighted by atomic mass is 9.92. The van der Waals surface area contributed by atoms with Gasteiger partial charge in [-0.2, -0.15) is 0 Å². The van der Waals surface area contributed by atoms with Gasteiger partial charge in [0.2, 0.25) is 0 Å². The molecule has 0 unspecified atom stereocenters. The summed E-state index contributed by atoms with van der Waals surface area (Å²) < 4.78 is 17.6. The summed E-state index contributed by atoms with van der Waals surface area (Å²) in [5.41, 5.74) is 19.1. The topological polar surface area (TPSA) is 60.2 Å². The second kappa shape index (κ2) is 17.0. The predicted molar refractivity (Wildman–Crippen MR) is 234 cm³/mol. The van der Waals surface area contributed by atoms with Crippen molar-refractivity contribution in [1.29, 1.82) is 0 Å². The molecule has 0 atom stereocenters. The standard InChI is InChI=1S/C49H59N3O3S/c1-32(23-40(29-50)39-25-44(34-9-10-34)48(36-13-14-36)46(27-39)53-2)30-51-21-19-42(20-22-51)52(41-15-17-43(56-5)18-16-41)31-33-7-6-8-37(24-33)38-26-45(35-11-12-35)49(55-4)47(28-38)54-3/h6-8,15-18,23-29,34-36,42H,9-14,19-22,30-31,50H2,1-5H3/b32-23+,40-29+. The van der Waals surface area contributed by atoms with Crippen LogP contribution in [0.1, 0.15) is 104 Å². The average molecular weight is 770 g/mol. The summed E-state index contributed by atoms with van der Waals surface area (Å²) in [5.74, 6) is 4.63. The fourth-order valence-electron chi connectivity index (χ4n) is 8.91. The van der Waals surface area contributed by atoms with Gasteiger partial charge in [-0.05, 0) is 164 Å². The van der Waals surface area contributed by atoms with Gasteiger partial charge in [0.15, 0.2) is 11.5 Å². The maximum atomic E-state index is 6.33. The molecule has 7 heteroatoms. The molecule has 4 fully saturated rings. The number of piperidine rings is 1. The fraction of sp³-hybridized carbons (Fsp3) is 0.429. The number of allylic oxidation sites excluding steroid dienone is 2. The van der Waals surface area contributed by atoms with Crippen molar-refractivity contribution in [2.45, 2.75) is 93.5 Å². The van der Waals surface area contributed by atoms with Gasteiger partial charge >= 0.3 is 0 Å². The van der Waals surface area contributed by atoms with Crippen LogP contribution in [-0.2, 0) is 6.54 Å². The van der Waals surface area contributed by atoms with Crippen molar-refractivity contribution < 1.29 is 14.2 Å². The smallest absolute Gasteiger partial charge is 0.164 e. The minimum absolute atomic E-state index is 0.444. The molecule has 1 saturated heterocycles. The van der Waals surface area contributed by atoms with Crippen LogP contribution in [0.15, 0.2) is 95.5 Å². The van der Waals surface area contributed by atoms with Crippen LogP contribution in [0, 0.1) is 0 Å². The number of nitrogens with two attached hydrogens (primary N) is 1. The van der Waals surface area contributed by atoms with Gasteiger partial charge in [-0.25, -0.2) is 0 Å². The molecule has 0 bridgehead atoms. The number of nitrogens with zero attached hydrogens (tertiary/aromatic N) is 2. The van der Waals surface area contributed by atoms with E-state index in [4.69, 9.17) is 19.9 Å². The van der Waals surface area contributed by atoms with Gasteiger partial charge in [-0.15, -0.1) is 11.8 Å². The van der Waals surface area contributed by atoms with Crippen molar-refractivity contribution in [3.8, 4) is 28.4 Å². The van der Waals surface area contributed by atoms with E-state index in [9.17, 15) is 0 Å². The molecule has 294 valence electrons. The second-order valence-electron chi connectivity index (χ2n) is 16.5. The molecule has 0 radical (unpaired) electrons. The summed E-state index contributed by atoms with van der Waals surface area (Å²) in [6.07, 6.45) is 16.0. The Morgan fingerprint density at radius 3 is 2.09 bits per heavy atom. The molecule has 0 spiro atoms. The van der Waals surface area contributed by atoms with Crippen molar-refractivity contribution >= 4 is 23.0 Å². The van der Waals surface area contributed by atoms with Crippen LogP contribution in [0.5, 0.6) is 17.2 Å². The minimum Gasteiger partial charge on any atom is -0.496 e. The average Bonchev–Trinajstić information content (AvgIpc) is 4.07. The Morgan fingerprint density at radius 2 is 1.46 bits per heavy atom. The van der Waals surface area contributed by atoms with Gasteiger partial charge < -0.3 is 24.8 Å². The highest BCUT2D eigenvalue weighted by molar-refractivity contribution is 7.98. The van der Waals surface area contributed by atoms with Crippen LogP contribution in [0.2, 0.25) is 0 Å². The summed E-state index contributed by atoms with van der Waals surface area (Å²) in [7, 11) is 5.31. The Labute approximate surface area is 339 Å². The summed E-state index contributed by atoms with van der Waals surface area (Å²) in [5, 5.41) is 0. The van der Waals surface area contributed by atoms with Crippen LogP contribution in [-0.4, -0.2) is 58.2 Å². The Bertz CT molecular complexity index is 2070. The number of anilines is 1. The van der Waals surface area contributed by atoms with Crippen LogP contribution >= 0.6 is 11.8 Å². The van der Waals surface area contributed by atoms with E-state index in [1.807, 2.05) is 7.11 Å². The van der Waals surface area contributed by atoms with E-state index < -0.39 is 0 Å². The Hall–Kier alpha value is -4.33. The van der Waals surface area contributed by atoms with E-state index in [1.165, 1.54) is 93.6 Å². The first-order valence-corrected chi connectivity index (χ1v) is 21.9. The molecule has 0 aromatic heterocycles. The Balaban J connectivity index is 0.977. The SMILES string of the molecule is COc1cc(-c2cccc(CN(c3ccc(SC)cc3)C3CCN(C/C(C)=C/C(=C\N)c4cc(OC)c(C5CC5)c(C5CC5)c4)CC3)c2)cc(C2CC2)c1OC. The molecule has 2 N–H and O–H groups in total. The number of methoxy groups -OCH3 is 3. The largest absolute Gasteiger partial charge is 0.496 e. The molecule has 4 aromatic carbocycles. The van der Waals surface area contributed by atoms with E-state index in [2.05, 4.69) is 102 Å². The Kier molecular flexibility index (Phi) is 11.7. The first-order chi connectivity index (χ1) is 27.4. The van der Waals surface area contributed by atoms with Gasteiger partial charge in [-0.1, -0.05) is 35.9 Å². The van der Waals surface area contributed by atoms with Crippen molar-refractivity contribution in [3.05, 3.63) is 118 Å².